The largest absolute Gasteiger partial charge is 0.338 e. The Labute approximate surface area is 115 Å². The molecule has 0 aliphatic carbocycles. The number of likely N-dealkylation sites (tertiary alicyclic amines) is 1. The molecule has 3 nitrogen and oxygen atoms in total. The Kier molecular flexibility index (Phi) is 4.59. The van der Waals surface area contributed by atoms with E-state index in [-0.39, 0.29) is 5.91 Å². The molecule has 2 atom stereocenters. The highest BCUT2D eigenvalue weighted by Crippen LogP contribution is 2.23. The summed E-state index contributed by atoms with van der Waals surface area (Å²) in [6, 6.07) is 7.88. The molecule has 2 N–H and O–H groups in total. The smallest absolute Gasteiger partial charge is 0.253 e. The Hall–Kier alpha value is -1.35. The van der Waals surface area contributed by atoms with Crippen molar-refractivity contribution < 1.29 is 4.79 Å². The van der Waals surface area contributed by atoms with Gasteiger partial charge in [0.1, 0.15) is 0 Å². The van der Waals surface area contributed by atoms with Gasteiger partial charge >= 0.3 is 0 Å². The highest BCUT2D eigenvalue weighted by atomic mass is 16.2. The number of piperidine rings is 1. The molecule has 1 heterocycles. The maximum atomic E-state index is 12.5. The van der Waals surface area contributed by atoms with Crippen LogP contribution >= 0.6 is 0 Å². The Morgan fingerprint density at radius 1 is 1.37 bits per heavy atom. The highest BCUT2D eigenvalue weighted by molar-refractivity contribution is 5.94. The van der Waals surface area contributed by atoms with Crippen LogP contribution in [0.2, 0.25) is 0 Å². The molecule has 0 aromatic heterocycles. The zero-order chi connectivity index (χ0) is 13.8. The van der Waals surface area contributed by atoms with E-state index in [1.54, 1.807) is 0 Å². The quantitative estimate of drug-likeness (QED) is 0.906. The SMILES string of the molecule is CC1CCN(C(=O)c2cccc(CCN)c2)CC1C. The van der Waals surface area contributed by atoms with Gasteiger partial charge in [0.25, 0.3) is 5.91 Å². The summed E-state index contributed by atoms with van der Waals surface area (Å²) in [5, 5.41) is 0. The molecule has 104 valence electrons. The number of nitrogens with zero attached hydrogens (tertiary/aromatic N) is 1. The number of hydrogen-bond donors (Lipinski definition) is 1. The van der Waals surface area contributed by atoms with E-state index < -0.39 is 0 Å². The minimum atomic E-state index is 0.164. The molecule has 0 saturated carbocycles. The molecule has 1 aromatic rings. The zero-order valence-electron chi connectivity index (χ0n) is 11.9. The first-order chi connectivity index (χ1) is 9.11. The molecule has 1 saturated heterocycles. The predicted molar refractivity (Wildman–Crippen MR) is 78.0 cm³/mol. The van der Waals surface area contributed by atoms with E-state index in [2.05, 4.69) is 13.8 Å². The summed E-state index contributed by atoms with van der Waals surface area (Å²) < 4.78 is 0. The number of carbonyl (C=O) groups is 1. The van der Waals surface area contributed by atoms with Crippen molar-refractivity contribution in [1.29, 1.82) is 0 Å². The number of carbonyl (C=O) groups excluding carboxylic acids is 1. The van der Waals surface area contributed by atoms with Crippen molar-refractivity contribution in [2.24, 2.45) is 17.6 Å². The van der Waals surface area contributed by atoms with Crippen molar-refractivity contribution in [2.75, 3.05) is 19.6 Å². The summed E-state index contributed by atoms with van der Waals surface area (Å²) in [5.74, 6) is 1.47. The molecule has 1 aromatic carbocycles. The summed E-state index contributed by atoms with van der Waals surface area (Å²) in [7, 11) is 0. The van der Waals surface area contributed by atoms with Crippen LogP contribution in [0.15, 0.2) is 24.3 Å². The molecule has 3 heteroatoms. The Morgan fingerprint density at radius 2 is 2.16 bits per heavy atom. The van der Waals surface area contributed by atoms with Crippen molar-refractivity contribution in [3.05, 3.63) is 35.4 Å². The van der Waals surface area contributed by atoms with Gasteiger partial charge in [0.15, 0.2) is 0 Å². The second kappa shape index (κ2) is 6.20. The van der Waals surface area contributed by atoms with Gasteiger partial charge < -0.3 is 10.6 Å². The molecule has 1 aliphatic heterocycles. The summed E-state index contributed by atoms with van der Waals surface area (Å²) >= 11 is 0. The molecule has 2 unspecified atom stereocenters. The third-order valence-corrected chi connectivity index (χ3v) is 4.23. The first-order valence-electron chi connectivity index (χ1n) is 7.20. The molecule has 19 heavy (non-hydrogen) atoms. The minimum absolute atomic E-state index is 0.164. The van der Waals surface area contributed by atoms with Gasteiger partial charge in [-0.2, -0.15) is 0 Å². The van der Waals surface area contributed by atoms with Gasteiger partial charge in [0.05, 0.1) is 0 Å². The van der Waals surface area contributed by atoms with Crippen LogP contribution < -0.4 is 5.73 Å². The van der Waals surface area contributed by atoms with E-state index in [1.807, 2.05) is 29.2 Å². The maximum absolute atomic E-state index is 12.5. The average Bonchev–Trinajstić information content (AvgIpc) is 2.42. The fourth-order valence-corrected chi connectivity index (χ4v) is 2.66. The van der Waals surface area contributed by atoms with Gasteiger partial charge in [0, 0.05) is 18.7 Å². The van der Waals surface area contributed by atoms with E-state index >= 15 is 0 Å². The molecule has 1 fully saturated rings. The Bertz CT molecular complexity index is 444. The maximum Gasteiger partial charge on any atom is 0.253 e. The van der Waals surface area contributed by atoms with Crippen LogP contribution in [0.1, 0.15) is 36.2 Å². The Balaban J connectivity index is 2.09. The molecular formula is C16H24N2O. The van der Waals surface area contributed by atoms with Gasteiger partial charge in [-0.25, -0.2) is 0 Å². The molecule has 0 bridgehead atoms. The molecule has 1 aliphatic rings. The van der Waals surface area contributed by atoms with Crippen LogP contribution in [-0.4, -0.2) is 30.4 Å². The third kappa shape index (κ3) is 3.35. The van der Waals surface area contributed by atoms with Crippen molar-refractivity contribution in [3.8, 4) is 0 Å². The number of rotatable bonds is 3. The fraction of sp³-hybridized carbons (Fsp3) is 0.562. The Morgan fingerprint density at radius 3 is 2.84 bits per heavy atom. The van der Waals surface area contributed by atoms with Gasteiger partial charge in [-0.05, 0) is 48.9 Å². The second-order valence-electron chi connectivity index (χ2n) is 5.73. The van der Waals surface area contributed by atoms with Gasteiger partial charge in [-0.1, -0.05) is 26.0 Å². The molecule has 0 radical (unpaired) electrons. The van der Waals surface area contributed by atoms with Crippen molar-refractivity contribution in [2.45, 2.75) is 26.7 Å². The van der Waals surface area contributed by atoms with Crippen LogP contribution in [0.5, 0.6) is 0 Å². The zero-order valence-corrected chi connectivity index (χ0v) is 11.9. The van der Waals surface area contributed by atoms with E-state index in [4.69, 9.17) is 5.73 Å². The monoisotopic (exact) mass is 260 g/mol. The number of hydrogen-bond acceptors (Lipinski definition) is 2. The van der Waals surface area contributed by atoms with Crippen molar-refractivity contribution >= 4 is 5.91 Å². The first-order valence-corrected chi connectivity index (χ1v) is 7.20. The summed E-state index contributed by atoms with van der Waals surface area (Å²) in [6.07, 6.45) is 1.93. The van der Waals surface area contributed by atoms with Crippen LogP contribution in [-0.2, 0) is 6.42 Å². The molecular weight excluding hydrogens is 236 g/mol. The minimum Gasteiger partial charge on any atom is -0.338 e. The summed E-state index contributed by atoms with van der Waals surface area (Å²) in [6.45, 7) is 6.88. The van der Waals surface area contributed by atoms with Crippen LogP contribution in [0, 0.1) is 11.8 Å². The van der Waals surface area contributed by atoms with Crippen molar-refractivity contribution in [3.63, 3.8) is 0 Å². The van der Waals surface area contributed by atoms with Gasteiger partial charge in [-0.15, -0.1) is 0 Å². The standard InChI is InChI=1S/C16H24N2O/c1-12-7-9-18(11-13(12)2)16(19)15-5-3-4-14(10-15)6-8-17/h3-5,10,12-13H,6-9,11,17H2,1-2H3. The van der Waals surface area contributed by atoms with E-state index in [9.17, 15) is 4.79 Å². The molecule has 1 amide bonds. The summed E-state index contributed by atoms with van der Waals surface area (Å²) in [5.41, 5.74) is 7.51. The van der Waals surface area contributed by atoms with Crippen LogP contribution in [0.3, 0.4) is 0 Å². The van der Waals surface area contributed by atoms with E-state index in [0.29, 0.717) is 18.4 Å². The van der Waals surface area contributed by atoms with Crippen molar-refractivity contribution in [1.82, 2.24) is 4.90 Å². The second-order valence-corrected chi connectivity index (χ2v) is 5.73. The van der Waals surface area contributed by atoms with E-state index in [1.165, 1.54) is 0 Å². The van der Waals surface area contributed by atoms with Gasteiger partial charge in [0.2, 0.25) is 0 Å². The fourth-order valence-electron chi connectivity index (χ4n) is 2.66. The van der Waals surface area contributed by atoms with Gasteiger partial charge in [-0.3, -0.25) is 4.79 Å². The molecule has 2 rings (SSSR count). The summed E-state index contributed by atoms with van der Waals surface area (Å²) in [4.78, 5) is 14.5. The lowest BCUT2D eigenvalue weighted by molar-refractivity contribution is 0.0627. The predicted octanol–water partition coefficient (Wildman–Crippen LogP) is 2.31. The lowest BCUT2D eigenvalue weighted by Crippen LogP contribution is -2.42. The topological polar surface area (TPSA) is 46.3 Å². The molecule has 0 spiro atoms. The lowest BCUT2D eigenvalue weighted by atomic mass is 9.88. The average molecular weight is 260 g/mol. The van der Waals surface area contributed by atoms with E-state index in [0.717, 1.165) is 37.1 Å². The normalized spacial score (nSPS) is 23.4. The van der Waals surface area contributed by atoms with Crippen LogP contribution in [0.25, 0.3) is 0 Å². The third-order valence-electron chi connectivity index (χ3n) is 4.23. The number of benzene rings is 1. The highest BCUT2D eigenvalue weighted by Gasteiger charge is 2.26. The first kappa shape index (κ1) is 14.1. The number of nitrogens with two attached hydrogens (primary N) is 1. The number of amides is 1. The lowest BCUT2D eigenvalue weighted by Gasteiger charge is -2.35. The van der Waals surface area contributed by atoms with Crippen LogP contribution in [0.4, 0.5) is 0 Å².